The van der Waals surface area contributed by atoms with Crippen LogP contribution in [0.1, 0.15) is 46.2 Å². The second-order valence-corrected chi connectivity index (χ2v) is 8.40. The minimum absolute atomic E-state index is 0.198. The molecule has 0 amide bonds. The first-order chi connectivity index (χ1) is 13.9. The molecule has 2 aromatic heterocycles. The zero-order chi connectivity index (χ0) is 20.4. The SMILES string of the molecule is Cc1nnc2n1-c1sc3c(c1C(c1c(F)cccc1F)=N[C@H]2C)CC(C(=O)O)C3. The number of carboxylic acid groups (broad SMARTS) is 1. The number of nitrogens with zero attached hydrogens (tertiary/aromatic N) is 4. The van der Waals surface area contributed by atoms with Gasteiger partial charge in [-0.1, -0.05) is 6.07 Å². The molecule has 0 spiro atoms. The molecule has 2 atom stereocenters. The van der Waals surface area contributed by atoms with Crippen LogP contribution < -0.4 is 0 Å². The van der Waals surface area contributed by atoms with Crippen LogP contribution in [0.2, 0.25) is 0 Å². The minimum atomic E-state index is -0.874. The lowest BCUT2D eigenvalue weighted by Gasteiger charge is -2.12. The molecule has 148 valence electrons. The summed E-state index contributed by atoms with van der Waals surface area (Å²) < 4.78 is 31.3. The minimum Gasteiger partial charge on any atom is -0.481 e. The van der Waals surface area contributed by atoms with Crippen LogP contribution in [0, 0.1) is 24.5 Å². The topological polar surface area (TPSA) is 80.4 Å². The lowest BCUT2D eigenvalue weighted by atomic mass is 9.97. The highest BCUT2D eigenvalue weighted by molar-refractivity contribution is 7.15. The summed E-state index contributed by atoms with van der Waals surface area (Å²) in [4.78, 5) is 17.1. The Labute approximate surface area is 168 Å². The van der Waals surface area contributed by atoms with E-state index in [9.17, 15) is 18.7 Å². The van der Waals surface area contributed by atoms with Gasteiger partial charge in [0.25, 0.3) is 0 Å². The van der Waals surface area contributed by atoms with E-state index in [1.165, 1.54) is 29.5 Å². The quantitative estimate of drug-likeness (QED) is 0.695. The summed E-state index contributed by atoms with van der Waals surface area (Å²) in [5.41, 5.74) is 1.39. The number of thiophene rings is 1. The Balaban J connectivity index is 1.83. The Hall–Kier alpha value is -2.94. The molecule has 2 aliphatic rings. The van der Waals surface area contributed by atoms with Crippen LogP contribution in [0.3, 0.4) is 0 Å². The lowest BCUT2D eigenvalue weighted by molar-refractivity contribution is -0.141. The molecular formula is C20H16F2N4O2S. The van der Waals surface area contributed by atoms with Gasteiger partial charge in [0, 0.05) is 10.4 Å². The molecule has 3 heterocycles. The van der Waals surface area contributed by atoms with Gasteiger partial charge in [0.1, 0.15) is 28.5 Å². The number of aryl methyl sites for hydroxylation is 1. The fraction of sp³-hybridized carbons (Fsp3) is 0.300. The second-order valence-electron chi connectivity index (χ2n) is 7.32. The van der Waals surface area contributed by atoms with Crippen molar-refractivity contribution in [3.8, 4) is 5.00 Å². The van der Waals surface area contributed by atoms with Gasteiger partial charge in [-0.15, -0.1) is 21.5 Å². The van der Waals surface area contributed by atoms with Crippen molar-refractivity contribution in [1.29, 1.82) is 0 Å². The molecule has 29 heavy (non-hydrogen) atoms. The predicted molar refractivity (Wildman–Crippen MR) is 103 cm³/mol. The summed E-state index contributed by atoms with van der Waals surface area (Å²) >= 11 is 1.43. The summed E-state index contributed by atoms with van der Waals surface area (Å²) in [6, 6.07) is 3.24. The number of benzene rings is 1. The van der Waals surface area contributed by atoms with E-state index in [2.05, 4.69) is 15.2 Å². The Kier molecular flexibility index (Phi) is 3.92. The van der Waals surface area contributed by atoms with E-state index in [1.54, 1.807) is 6.92 Å². The molecule has 0 fully saturated rings. The molecule has 1 aliphatic heterocycles. The van der Waals surface area contributed by atoms with E-state index in [0.717, 1.165) is 15.4 Å². The van der Waals surface area contributed by atoms with Crippen molar-refractivity contribution in [3.05, 3.63) is 63.0 Å². The number of hydrogen-bond acceptors (Lipinski definition) is 5. The highest BCUT2D eigenvalue weighted by Crippen LogP contribution is 2.44. The van der Waals surface area contributed by atoms with Crippen molar-refractivity contribution < 1.29 is 18.7 Å². The number of rotatable bonds is 2. The van der Waals surface area contributed by atoms with Crippen LogP contribution in [-0.4, -0.2) is 31.6 Å². The van der Waals surface area contributed by atoms with Gasteiger partial charge in [-0.2, -0.15) is 0 Å². The highest BCUT2D eigenvalue weighted by Gasteiger charge is 2.38. The van der Waals surface area contributed by atoms with Gasteiger partial charge in [-0.05, 0) is 44.4 Å². The number of halogens is 2. The first-order valence-electron chi connectivity index (χ1n) is 9.19. The standard InChI is InChI=1S/C20H16F2N4O2S/c1-8-18-25-24-9(2)26(18)19-15(11-6-10(20(27)28)7-14(11)29-19)17(23-8)16-12(21)4-3-5-13(16)22/h3-5,8,10H,6-7H2,1-2H3,(H,27,28)/t8-,10?/m0/s1. The van der Waals surface area contributed by atoms with Crippen LogP contribution in [0.4, 0.5) is 8.78 Å². The van der Waals surface area contributed by atoms with Crippen LogP contribution in [-0.2, 0) is 17.6 Å². The number of aromatic nitrogens is 3. The fourth-order valence-electron chi connectivity index (χ4n) is 4.13. The monoisotopic (exact) mass is 414 g/mol. The molecule has 0 saturated heterocycles. The maximum atomic E-state index is 14.7. The van der Waals surface area contributed by atoms with E-state index in [-0.39, 0.29) is 11.3 Å². The number of carboxylic acids is 1. The summed E-state index contributed by atoms with van der Waals surface area (Å²) in [5, 5.41) is 18.6. The summed E-state index contributed by atoms with van der Waals surface area (Å²) in [7, 11) is 0. The molecule has 0 radical (unpaired) electrons. The lowest BCUT2D eigenvalue weighted by Crippen LogP contribution is -2.16. The third-order valence-electron chi connectivity index (χ3n) is 5.49. The molecule has 1 unspecified atom stereocenters. The van der Waals surface area contributed by atoms with Crippen LogP contribution >= 0.6 is 11.3 Å². The number of fused-ring (bicyclic) bond motifs is 5. The Morgan fingerprint density at radius 1 is 1.21 bits per heavy atom. The molecule has 1 N–H and O–H groups in total. The average Bonchev–Trinajstić information content (AvgIpc) is 3.30. The van der Waals surface area contributed by atoms with Crippen molar-refractivity contribution in [1.82, 2.24) is 14.8 Å². The highest BCUT2D eigenvalue weighted by atomic mass is 32.1. The van der Waals surface area contributed by atoms with E-state index >= 15 is 0 Å². The first-order valence-corrected chi connectivity index (χ1v) is 10.0. The van der Waals surface area contributed by atoms with Crippen LogP contribution in [0.15, 0.2) is 23.2 Å². The maximum absolute atomic E-state index is 14.7. The predicted octanol–water partition coefficient (Wildman–Crippen LogP) is 3.63. The fourth-order valence-corrected chi connectivity index (χ4v) is 5.59. The molecular weight excluding hydrogens is 398 g/mol. The van der Waals surface area contributed by atoms with Gasteiger partial charge in [0.2, 0.25) is 0 Å². The molecule has 9 heteroatoms. The van der Waals surface area contributed by atoms with Gasteiger partial charge in [-0.25, -0.2) is 8.78 Å². The summed E-state index contributed by atoms with van der Waals surface area (Å²) in [6.45, 7) is 3.61. The van der Waals surface area contributed by atoms with Gasteiger partial charge in [-0.3, -0.25) is 14.4 Å². The molecule has 3 aromatic rings. The molecule has 1 aromatic carbocycles. The summed E-state index contributed by atoms with van der Waals surface area (Å²) in [5.74, 6) is -1.59. The Morgan fingerprint density at radius 2 is 1.93 bits per heavy atom. The largest absolute Gasteiger partial charge is 0.481 e. The smallest absolute Gasteiger partial charge is 0.307 e. The Morgan fingerprint density at radius 3 is 2.62 bits per heavy atom. The summed E-state index contributed by atoms with van der Waals surface area (Å²) in [6.07, 6.45) is 0.692. The van der Waals surface area contributed by atoms with Gasteiger partial charge < -0.3 is 5.11 Å². The number of aliphatic carboxylic acids is 1. The van der Waals surface area contributed by atoms with E-state index in [4.69, 9.17) is 0 Å². The molecule has 5 rings (SSSR count). The molecule has 0 bridgehead atoms. The van der Waals surface area contributed by atoms with Crippen molar-refractivity contribution >= 4 is 23.0 Å². The first kappa shape index (κ1) is 18.1. The van der Waals surface area contributed by atoms with Gasteiger partial charge in [0.05, 0.1) is 17.2 Å². The van der Waals surface area contributed by atoms with E-state index in [1.807, 2.05) is 11.5 Å². The molecule has 6 nitrogen and oxygen atoms in total. The molecule has 1 aliphatic carbocycles. The molecule has 0 saturated carbocycles. The van der Waals surface area contributed by atoms with Crippen molar-refractivity contribution in [2.45, 2.75) is 32.7 Å². The van der Waals surface area contributed by atoms with Gasteiger partial charge in [0.15, 0.2) is 5.82 Å². The number of carbonyl (C=O) groups is 1. The Bertz CT molecular complexity index is 1190. The number of aliphatic imine (C=N–C) groups is 1. The van der Waals surface area contributed by atoms with Crippen molar-refractivity contribution in [3.63, 3.8) is 0 Å². The zero-order valence-electron chi connectivity index (χ0n) is 15.6. The van der Waals surface area contributed by atoms with Crippen molar-refractivity contribution in [2.24, 2.45) is 10.9 Å². The zero-order valence-corrected chi connectivity index (χ0v) is 16.4. The maximum Gasteiger partial charge on any atom is 0.307 e. The number of hydrogen-bond donors (Lipinski definition) is 1. The van der Waals surface area contributed by atoms with Crippen molar-refractivity contribution in [2.75, 3.05) is 0 Å². The van der Waals surface area contributed by atoms with Gasteiger partial charge >= 0.3 is 5.97 Å². The third kappa shape index (κ3) is 2.57. The second kappa shape index (κ2) is 6.28. The van der Waals surface area contributed by atoms with E-state index in [0.29, 0.717) is 30.1 Å². The van der Waals surface area contributed by atoms with Crippen LogP contribution in [0.25, 0.3) is 5.00 Å². The third-order valence-corrected chi connectivity index (χ3v) is 6.73. The van der Waals surface area contributed by atoms with E-state index < -0.39 is 29.6 Å². The average molecular weight is 414 g/mol. The van der Waals surface area contributed by atoms with Crippen LogP contribution in [0.5, 0.6) is 0 Å². The normalized spacial score (nSPS) is 19.9.